The minimum atomic E-state index is -0.412. The zero-order chi connectivity index (χ0) is 14.5. The Labute approximate surface area is 117 Å². The Morgan fingerprint density at radius 2 is 1.70 bits per heavy atom. The van der Waals surface area contributed by atoms with Crippen molar-refractivity contribution in [3.63, 3.8) is 0 Å². The third kappa shape index (κ3) is 4.03. The van der Waals surface area contributed by atoms with Crippen molar-refractivity contribution in [2.75, 3.05) is 0 Å². The second kappa shape index (κ2) is 6.48. The van der Waals surface area contributed by atoms with Crippen molar-refractivity contribution in [3.8, 4) is 5.75 Å². The molecule has 2 aromatic carbocycles. The Hall–Kier alpha value is -1.94. The van der Waals surface area contributed by atoms with Crippen LogP contribution in [0.5, 0.6) is 5.75 Å². The van der Waals surface area contributed by atoms with Gasteiger partial charge in [-0.3, -0.25) is 0 Å². The van der Waals surface area contributed by atoms with Crippen molar-refractivity contribution < 1.29 is 13.5 Å². The van der Waals surface area contributed by atoms with Crippen molar-refractivity contribution in [1.82, 2.24) is 0 Å². The van der Waals surface area contributed by atoms with E-state index in [4.69, 9.17) is 10.5 Å². The van der Waals surface area contributed by atoms with Gasteiger partial charge >= 0.3 is 0 Å². The summed E-state index contributed by atoms with van der Waals surface area (Å²) in [5.74, 6) is -0.534. The molecule has 4 heteroatoms. The van der Waals surface area contributed by atoms with Gasteiger partial charge in [-0.1, -0.05) is 18.2 Å². The first kappa shape index (κ1) is 14.5. The zero-order valence-corrected chi connectivity index (χ0v) is 11.3. The van der Waals surface area contributed by atoms with Crippen LogP contribution >= 0.6 is 0 Å². The fourth-order valence-corrected chi connectivity index (χ4v) is 1.90. The molecule has 0 saturated heterocycles. The zero-order valence-electron chi connectivity index (χ0n) is 11.3. The first-order valence-electron chi connectivity index (χ1n) is 6.46. The maximum absolute atomic E-state index is 13.8. The van der Waals surface area contributed by atoms with Crippen molar-refractivity contribution >= 4 is 0 Å². The monoisotopic (exact) mass is 277 g/mol. The van der Waals surface area contributed by atoms with Crippen LogP contribution in [0, 0.1) is 11.6 Å². The molecule has 0 radical (unpaired) electrons. The lowest BCUT2D eigenvalue weighted by molar-refractivity contribution is 0.290. The maximum atomic E-state index is 13.8. The smallest absolute Gasteiger partial charge is 0.165 e. The highest BCUT2D eigenvalue weighted by Crippen LogP contribution is 2.20. The van der Waals surface area contributed by atoms with Gasteiger partial charge in [0.05, 0.1) is 0 Å². The molecule has 2 N–H and O–H groups in total. The Balaban J connectivity index is 2.01. The van der Waals surface area contributed by atoms with Crippen LogP contribution < -0.4 is 10.5 Å². The van der Waals surface area contributed by atoms with E-state index in [2.05, 4.69) is 0 Å². The predicted octanol–water partition coefficient (Wildman–Crippen LogP) is 3.43. The van der Waals surface area contributed by atoms with Crippen LogP contribution in [0.2, 0.25) is 0 Å². The van der Waals surface area contributed by atoms with Crippen LogP contribution in [-0.2, 0) is 13.0 Å². The van der Waals surface area contributed by atoms with Crippen LogP contribution in [0.1, 0.15) is 18.1 Å². The number of halogens is 2. The van der Waals surface area contributed by atoms with Gasteiger partial charge in [-0.25, -0.2) is 8.78 Å². The third-order valence-corrected chi connectivity index (χ3v) is 2.86. The molecular formula is C16H17F2NO. The van der Waals surface area contributed by atoms with Crippen molar-refractivity contribution in [2.24, 2.45) is 5.73 Å². The van der Waals surface area contributed by atoms with Crippen molar-refractivity contribution in [2.45, 2.75) is 26.0 Å². The summed E-state index contributed by atoms with van der Waals surface area (Å²) < 4.78 is 32.0. The lowest BCUT2D eigenvalue weighted by Gasteiger charge is -2.10. The molecule has 2 nitrogen and oxygen atoms in total. The van der Waals surface area contributed by atoms with Gasteiger partial charge in [0.15, 0.2) is 11.6 Å². The minimum absolute atomic E-state index is 0.0135. The Kier molecular flexibility index (Phi) is 4.69. The quantitative estimate of drug-likeness (QED) is 0.908. The molecule has 0 aliphatic carbocycles. The molecule has 0 aromatic heterocycles. The van der Waals surface area contributed by atoms with Crippen molar-refractivity contribution in [3.05, 3.63) is 65.2 Å². The van der Waals surface area contributed by atoms with E-state index in [1.165, 1.54) is 18.2 Å². The van der Waals surface area contributed by atoms with E-state index in [9.17, 15) is 8.78 Å². The molecule has 0 aliphatic heterocycles. The van der Waals surface area contributed by atoms with Gasteiger partial charge in [0, 0.05) is 6.04 Å². The Morgan fingerprint density at radius 3 is 2.30 bits per heavy atom. The van der Waals surface area contributed by atoms with Gasteiger partial charge in [-0.05, 0) is 48.7 Å². The molecule has 2 rings (SSSR count). The summed E-state index contributed by atoms with van der Waals surface area (Å²) >= 11 is 0. The van der Waals surface area contributed by atoms with E-state index >= 15 is 0 Å². The SMILES string of the molecule is CC(N)Cc1ccc(OCc2ccc(F)cc2)c(F)c1. The van der Waals surface area contributed by atoms with E-state index in [1.54, 1.807) is 24.3 Å². The second-order valence-electron chi connectivity index (χ2n) is 4.86. The van der Waals surface area contributed by atoms with Crippen LogP contribution in [-0.4, -0.2) is 6.04 Å². The molecule has 1 atom stereocenters. The van der Waals surface area contributed by atoms with E-state index < -0.39 is 5.82 Å². The molecule has 1 unspecified atom stereocenters. The average Bonchev–Trinajstić information content (AvgIpc) is 2.39. The summed E-state index contributed by atoms with van der Waals surface area (Å²) in [7, 11) is 0. The van der Waals surface area contributed by atoms with Gasteiger partial charge in [0.1, 0.15) is 12.4 Å². The lowest BCUT2D eigenvalue weighted by Crippen LogP contribution is -2.17. The van der Waals surface area contributed by atoms with E-state index in [1.807, 2.05) is 6.92 Å². The van der Waals surface area contributed by atoms with Crippen LogP contribution in [0.15, 0.2) is 42.5 Å². The summed E-state index contributed by atoms with van der Waals surface area (Å²) in [5, 5.41) is 0. The van der Waals surface area contributed by atoms with Gasteiger partial charge in [-0.2, -0.15) is 0 Å². The topological polar surface area (TPSA) is 35.2 Å². The highest BCUT2D eigenvalue weighted by atomic mass is 19.1. The summed E-state index contributed by atoms with van der Waals surface area (Å²) in [5.41, 5.74) is 7.30. The molecule has 0 bridgehead atoms. The van der Waals surface area contributed by atoms with E-state index in [0.717, 1.165) is 11.1 Å². The molecule has 0 aliphatic rings. The number of hydrogen-bond donors (Lipinski definition) is 1. The highest BCUT2D eigenvalue weighted by molar-refractivity contribution is 5.30. The summed E-state index contributed by atoms with van der Waals surface area (Å²) in [6.07, 6.45) is 0.620. The van der Waals surface area contributed by atoms with Gasteiger partial charge in [-0.15, -0.1) is 0 Å². The molecule has 0 heterocycles. The number of benzene rings is 2. The third-order valence-electron chi connectivity index (χ3n) is 2.86. The number of rotatable bonds is 5. The standard InChI is InChI=1S/C16H17F2NO/c1-11(19)8-13-4-7-16(15(18)9-13)20-10-12-2-5-14(17)6-3-12/h2-7,9,11H,8,10,19H2,1H3. The fourth-order valence-electron chi connectivity index (χ4n) is 1.90. The number of ether oxygens (including phenoxy) is 1. The maximum Gasteiger partial charge on any atom is 0.165 e. The largest absolute Gasteiger partial charge is 0.486 e. The molecular weight excluding hydrogens is 260 g/mol. The van der Waals surface area contributed by atoms with Crippen molar-refractivity contribution in [1.29, 1.82) is 0 Å². The van der Waals surface area contributed by atoms with Gasteiger partial charge in [0.2, 0.25) is 0 Å². The molecule has 0 spiro atoms. The molecule has 20 heavy (non-hydrogen) atoms. The first-order chi connectivity index (χ1) is 9.54. The highest BCUT2D eigenvalue weighted by Gasteiger charge is 2.06. The van der Waals surface area contributed by atoms with Gasteiger partial charge < -0.3 is 10.5 Å². The molecule has 0 fully saturated rings. The number of hydrogen-bond acceptors (Lipinski definition) is 2. The molecule has 0 amide bonds. The van der Waals surface area contributed by atoms with Crippen LogP contribution in [0.3, 0.4) is 0 Å². The molecule has 106 valence electrons. The first-order valence-corrected chi connectivity index (χ1v) is 6.46. The lowest BCUT2D eigenvalue weighted by atomic mass is 10.1. The minimum Gasteiger partial charge on any atom is -0.486 e. The Morgan fingerprint density at radius 1 is 1.05 bits per heavy atom. The summed E-state index contributed by atoms with van der Waals surface area (Å²) in [4.78, 5) is 0. The Bertz CT molecular complexity index is 567. The average molecular weight is 277 g/mol. The molecule has 0 saturated carbocycles. The van der Waals surface area contributed by atoms with Crippen LogP contribution in [0.25, 0.3) is 0 Å². The second-order valence-corrected chi connectivity index (χ2v) is 4.86. The predicted molar refractivity (Wildman–Crippen MR) is 74.5 cm³/mol. The molecule has 2 aromatic rings. The normalized spacial score (nSPS) is 12.2. The van der Waals surface area contributed by atoms with Gasteiger partial charge in [0.25, 0.3) is 0 Å². The summed E-state index contributed by atoms with van der Waals surface area (Å²) in [6, 6.07) is 10.7. The number of nitrogens with two attached hydrogens (primary N) is 1. The van der Waals surface area contributed by atoms with E-state index in [-0.39, 0.29) is 24.2 Å². The summed E-state index contributed by atoms with van der Waals surface area (Å²) in [6.45, 7) is 2.07. The van der Waals surface area contributed by atoms with E-state index in [0.29, 0.717) is 6.42 Å². The fraction of sp³-hybridized carbons (Fsp3) is 0.250. The van der Waals surface area contributed by atoms with Crippen LogP contribution in [0.4, 0.5) is 8.78 Å².